The van der Waals surface area contributed by atoms with Crippen LogP contribution in [0, 0.1) is 11.8 Å². The van der Waals surface area contributed by atoms with Crippen LogP contribution in [0.4, 0.5) is 0 Å². The second-order valence-electron chi connectivity index (χ2n) is 6.62. The molecule has 0 aromatic heterocycles. The Hall–Kier alpha value is -2.72. The monoisotopic (exact) mass is 332 g/mol. The van der Waals surface area contributed by atoms with Gasteiger partial charge in [-0.2, -0.15) is 5.10 Å². The third-order valence-corrected chi connectivity index (χ3v) is 5.18. The molecule has 1 fully saturated rings. The van der Waals surface area contributed by atoms with Gasteiger partial charge in [0.25, 0.3) is 5.91 Å². The molecule has 25 heavy (non-hydrogen) atoms. The zero-order valence-corrected chi connectivity index (χ0v) is 13.8. The Labute approximate surface area is 146 Å². The van der Waals surface area contributed by atoms with Crippen LogP contribution in [0.25, 0.3) is 0 Å². The van der Waals surface area contributed by atoms with Crippen LogP contribution in [-0.4, -0.2) is 16.7 Å². The molecule has 0 unspecified atom stereocenters. The molecule has 2 aliphatic carbocycles. The standard InChI is InChI=1S/C21H20N2O2/c24-20(23-22-19-14-15-8-7-13-18(15)19)21(25,16-9-3-1-4-10-16)17-11-5-2-6-12-17/h1-12,15,18,25H,13-14H2,(H,23,24)/b22-19+/t15-,18-/m0/s1. The Morgan fingerprint density at radius 1 is 1.04 bits per heavy atom. The summed E-state index contributed by atoms with van der Waals surface area (Å²) < 4.78 is 0. The van der Waals surface area contributed by atoms with Crippen molar-refractivity contribution in [1.29, 1.82) is 0 Å². The van der Waals surface area contributed by atoms with Gasteiger partial charge in [0.2, 0.25) is 0 Å². The number of hydrogen-bond donors (Lipinski definition) is 2. The minimum absolute atomic E-state index is 0.418. The fraction of sp³-hybridized carbons (Fsp3) is 0.238. The predicted molar refractivity (Wildman–Crippen MR) is 96.8 cm³/mol. The normalized spacial score (nSPS) is 23.2. The minimum atomic E-state index is -1.77. The molecule has 1 saturated carbocycles. The lowest BCUT2D eigenvalue weighted by Gasteiger charge is -2.32. The first-order chi connectivity index (χ1) is 12.2. The Balaban J connectivity index is 1.62. The number of carbonyl (C=O) groups excluding carboxylic acids is 1. The van der Waals surface area contributed by atoms with E-state index in [0.29, 0.717) is 23.0 Å². The van der Waals surface area contributed by atoms with Gasteiger partial charge in [-0.25, -0.2) is 5.43 Å². The van der Waals surface area contributed by atoms with Crippen molar-refractivity contribution in [2.24, 2.45) is 16.9 Å². The predicted octanol–water partition coefficient (Wildman–Crippen LogP) is 2.99. The number of carbonyl (C=O) groups is 1. The van der Waals surface area contributed by atoms with Crippen molar-refractivity contribution < 1.29 is 9.90 Å². The Morgan fingerprint density at radius 2 is 1.64 bits per heavy atom. The molecule has 1 amide bonds. The highest BCUT2D eigenvalue weighted by Gasteiger charge is 2.41. The highest BCUT2D eigenvalue weighted by Crippen LogP contribution is 2.40. The van der Waals surface area contributed by atoms with Gasteiger partial charge in [0.05, 0.1) is 0 Å². The Kier molecular flexibility index (Phi) is 3.98. The van der Waals surface area contributed by atoms with E-state index in [4.69, 9.17) is 0 Å². The van der Waals surface area contributed by atoms with E-state index >= 15 is 0 Å². The van der Waals surface area contributed by atoms with Crippen LogP contribution in [0.1, 0.15) is 24.0 Å². The van der Waals surface area contributed by atoms with Gasteiger partial charge < -0.3 is 5.11 Å². The van der Waals surface area contributed by atoms with Gasteiger partial charge in [0.15, 0.2) is 5.60 Å². The number of aliphatic hydroxyl groups is 1. The van der Waals surface area contributed by atoms with Gasteiger partial charge in [-0.3, -0.25) is 4.79 Å². The van der Waals surface area contributed by atoms with E-state index < -0.39 is 11.5 Å². The third kappa shape index (κ3) is 2.68. The minimum Gasteiger partial charge on any atom is -0.372 e. The van der Waals surface area contributed by atoms with E-state index in [-0.39, 0.29) is 0 Å². The van der Waals surface area contributed by atoms with Crippen LogP contribution in [0.5, 0.6) is 0 Å². The van der Waals surface area contributed by atoms with Crippen molar-refractivity contribution in [2.75, 3.05) is 0 Å². The highest BCUT2D eigenvalue weighted by molar-refractivity contribution is 5.96. The molecule has 0 aliphatic heterocycles. The zero-order chi connectivity index (χ0) is 17.3. The van der Waals surface area contributed by atoms with E-state index in [0.717, 1.165) is 18.6 Å². The lowest BCUT2D eigenvalue weighted by atomic mass is 9.74. The summed E-state index contributed by atoms with van der Waals surface area (Å²) >= 11 is 0. The van der Waals surface area contributed by atoms with E-state index in [1.54, 1.807) is 24.3 Å². The number of amides is 1. The molecule has 0 radical (unpaired) electrons. The Morgan fingerprint density at radius 3 is 2.20 bits per heavy atom. The van der Waals surface area contributed by atoms with Gasteiger partial charge in [-0.1, -0.05) is 72.8 Å². The molecule has 4 heteroatoms. The molecule has 0 saturated heterocycles. The first kappa shape index (κ1) is 15.8. The largest absolute Gasteiger partial charge is 0.372 e. The fourth-order valence-electron chi connectivity index (χ4n) is 3.65. The zero-order valence-electron chi connectivity index (χ0n) is 13.8. The maximum absolute atomic E-state index is 12.9. The van der Waals surface area contributed by atoms with Crippen LogP contribution >= 0.6 is 0 Å². The molecule has 4 nitrogen and oxygen atoms in total. The van der Waals surface area contributed by atoms with Crippen molar-refractivity contribution in [1.82, 2.24) is 5.43 Å². The molecular weight excluding hydrogens is 312 g/mol. The van der Waals surface area contributed by atoms with Crippen molar-refractivity contribution in [3.8, 4) is 0 Å². The molecule has 2 aromatic rings. The van der Waals surface area contributed by atoms with Gasteiger partial charge in [0, 0.05) is 11.6 Å². The van der Waals surface area contributed by atoms with Gasteiger partial charge >= 0.3 is 0 Å². The number of fused-ring (bicyclic) bond motifs is 1. The number of allylic oxidation sites excluding steroid dienone is 2. The van der Waals surface area contributed by atoms with E-state index in [9.17, 15) is 9.90 Å². The summed E-state index contributed by atoms with van der Waals surface area (Å²) in [6.07, 6.45) is 6.26. The summed E-state index contributed by atoms with van der Waals surface area (Å²) in [7, 11) is 0. The third-order valence-electron chi connectivity index (χ3n) is 5.18. The van der Waals surface area contributed by atoms with E-state index in [1.807, 2.05) is 36.4 Å². The summed E-state index contributed by atoms with van der Waals surface area (Å²) in [6.45, 7) is 0. The Bertz CT molecular complexity index is 788. The van der Waals surface area contributed by atoms with Gasteiger partial charge in [0.1, 0.15) is 0 Å². The van der Waals surface area contributed by atoms with Gasteiger partial charge in [-0.05, 0) is 29.9 Å². The summed E-state index contributed by atoms with van der Waals surface area (Å²) in [5.74, 6) is 0.450. The van der Waals surface area contributed by atoms with Crippen molar-refractivity contribution in [3.63, 3.8) is 0 Å². The van der Waals surface area contributed by atoms with Crippen LogP contribution in [-0.2, 0) is 10.4 Å². The summed E-state index contributed by atoms with van der Waals surface area (Å²) in [4.78, 5) is 12.9. The van der Waals surface area contributed by atoms with Gasteiger partial charge in [-0.15, -0.1) is 0 Å². The van der Waals surface area contributed by atoms with Crippen molar-refractivity contribution >= 4 is 11.6 Å². The fourth-order valence-corrected chi connectivity index (χ4v) is 3.65. The second-order valence-corrected chi connectivity index (χ2v) is 6.62. The molecule has 126 valence electrons. The first-order valence-corrected chi connectivity index (χ1v) is 8.56. The lowest BCUT2D eigenvalue weighted by molar-refractivity contribution is -0.136. The summed E-state index contributed by atoms with van der Waals surface area (Å²) in [5.41, 5.74) is 2.88. The van der Waals surface area contributed by atoms with E-state index in [1.165, 1.54) is 0 Å². The number of benzene rings is 2. The van der Waals surface area contributed by atoms with E-state index in [2.05, 4.69) is 22.7 Å². The molecule has 2 aromatic carbocycles. The summed E-state index contributed by atoms with van der Waals surface area (Å²) in [5, 5.41) is 15.6. The highest BCUT2D eigenvalue weighted by atomic mass is 16.3. The maximum Gasteiger partial charge on any atom is 0.281 e. The molecule has 0 heterocycles. The molecule has 2 aliphatic rings. The first-order valence-electron chi connectivity index (χ1n) is 8.56. The van der Waals surface area contributed by atoms with Crippen molar-refractivity contribution in [2.45, 2.75) is 18.4 Å². The average molecular weight is 332 g/mol. The number of hydrogen-bond acceptors (Lipinski definition) is 3. The molecule has 4 rings (SSSR count). The second kappa shape index (κ2) is 6.30. The van der Waals surface area contributed by atoms with Crippen LogP contribution in [0.15, 0.2) is 77.9 Å². The molecule has 0 bridgehead atoms. The molecular formula is C21H20N2O2. The lowest BCUT2D eigenvalue weighted by Crippen LogP contribution is -2.45. The number of nitrogens with one attached hydrogen (secondary N) is 1. The van der Waals surface area contributed by atoms with Crippen LogP contribution in [0.3, 0.4) is 0 Å². The maximum atomic E-state index is 12.9. The quantitative estimate of drug-likeness (QED) is 0.668. The smallest absolute Gasteiger partial charge is 0.281 e. The number of hydrazone groups is 1. The summed E-state index contributed by atoms with van der Waals surface area (Å²) in [6, 6.07) is 17.9. The topological polar surface area (TPSA) is 61.7 Å². The SMILES string of the molecule is O=C(N/N=C1\C[C@@H]2C=CC[C@H]12)C(O)(c1ccccc1)c1ccccc1. The molecule has 2 N–H and O–H groups in total. The number of rotatable bonds is 4. The van der Waals surface area contributed by atoms with Crippen molar-refractivity contribution in [3.05, 3.63) is 83.9 Å². The van der Waals surface area contributed by atoms with Crippen LogP contribution in [0.2, 0.25) is 0 Å². The average Bonchev–Trinajstić information content (AvgIpc) is 3.03. The molecule has 0 spiro atoms. The van der Waals surface area contributed by atoms with Crippen LogP contribution < -0.4 is 5.43 Å². The number of nitrogens with zero attached hydrogens (tertiary/aromatic N) is 1. The molecule has 2 atom stereocenters.